The van der Waals surface area contributed by atoms with Gasteiger partial charge in [-0.2, -0.15) is 0 Å². The molecule has 0 saturated carbocycles. The highest BCUT2D eigenvalue weighted by Crippen LogP contribution is 2.34. The number of carbonyl (C=O) groups excluding carboxylic acids is 1. The minimum absolute atomic E-state index is 0.216. The molecule has 0 aromatic heterocycles. The first-order chi connectivity index (χ1) is 6.49. The summed E-state index contributed by atoms with van der Waals surface area (Å²) in [5, 5.41) is 9.01. The van der Waals surface area contributed by atoms with Crippen molar-refractivity contribution in [2.45, 2.75) is 19.8 Å². The van der Waals surface area contributed by atoms with Crippen LogP contribution >= 0.6 is 0 Å². The highest BCUT2D eigenvalue weighted by molar-refractivity contribution is 6.01. The number of nitrogens with two attached hydrogens (primary N) is 1. The van der Waals surface area contributed by atoms with Crippen molar-refractivity contribution in [1.29, 1.82) is 0 Å². The van der Waals surface area contributed by atoms with Gasteiger partial charge in [-0.05, 0) is 25.7 Å². The summed E-state index contributed by atoms with van der Waals surface area (Å²) in [5.41, 5.74) is 3.69. The fraction of sp³-hybridized carbons (Fsp3) is 0.778. The van der Waals surface area contributed by atoms with E-state index >= 15 is 0 Å². The van der Waals surface area contributed by atoms with Crippen molar-refractivity contribution >= 4 is 11.9 Å². The zero-order valence-electron chi connectivity index (χ0n) is 8.16. The molecule has 5 nitrogen and oxygen atoms in total. The summed E-state index contributed by atoms with van der Waals surface area (Å²) in [6, 6.07) is 0. The SMILES string of the molecule is CC(C(N)=O)(C(=O)O)C1CCOCC1. The number of carboxylic acids is 1. The van der Waals surface area contributed by atoms with E-state index in [2.05, 4.69) is 0 Å². The first-order valence-electron chi connectivity index (χ1n) is 4.60. The van der Waals surface area contributed by atoms with E-state index in [-0.39, 0.29) is 5.92 Å². The third-order valence-corrected chi connectivity index (χ3v) is 2.99. The normalized spacial score (nSPS) is 22.6. The Morgan fingerprint density at radius 3 is 2.29 bits per heavy atom. The van der Waals surface area contributed by atoms with E-state index in [1.165, 1.54) is 6.92 Å². The average molecular weight is 201 g/mol. The molecule has 1 saturated heterocycles. The van der Waals surface area contributed by atoms with E-state index in [9.17, 15) is 9.59 Å². The van der Waals surface area contributed by atoms with Crippen LogP contribution in [0.3, 0.4) is 0 Å². The Kier molecular flexibility index (Phi) is 3.10. The van der Waals surface area contributed by atoms with Crippen LogP contribution in [0.1, 0.15) is 19.8 Å². The van der Waals surface area contributed by atoms with Crippen LogP contribution in [0, 0.1) is 11.3 Å². The lowest BCUT2D eigenvalue weighted by Gasteiger charge is -2.33. The molecule has 5 heteroatoms. The van der Waals surface area contributed by atoms with Crippen LogP contribution in [-0.2, 0) is 14.3 Å². The molecule has 0 aromatic carbocycles. The van der Waals surface area contributed by atoms with Crippen LogP contribution < -0.4 is 5.73 Å². The minimum atomic E-state index is -1.45. The largest absolute Gasteiger partial charge is 0.480 e. The van der Waals surface area contributed by atoms with Crippen molar-refractivity contribution < 1.29 is 19.4 Å². The van der Waals surface area contributed by atoms with E-state index in [4.69, 9.17) is 15.6 Å². The monoisotopic (exact) mass is 201 g/mol. The molecule has 3 N–H and O–H groups in total. The lowest BCUT2D eigenvalue weighted by molar-refractivity contribution is -0.159. The smallest absolute Gasteiger partial charge is 0.319 e. The molecule has 1 heterocycles. The van der Waals surface area contributed by atoms with Crippen LogP contribution in [0.5, 0.6) is 0 Å². The van der Waals surface area contributed by atoms with E-state index in [0.29, 0.717) is 26.1 Å². The molecule has 1 unspecified atom stereocenters. The molecule has 1 aliphatic heterocycles. The summed E-state index contributed by atoms with van der Waals surface area (Å²) < 4.78 is 5.11. The molecule has 1 fully saturated rings. The molecule has 0 spiro atoms. The highest BCUT2D eigenvalue weighted by atomic mass is 16.5. The summed E-state index contributed by atoms with van der Waals surface area (Å²) in [6.45, 7) is 2.40. The predicted molar refractivity (Wildman–Crippen MR) is 48.5 cm³/mol. The van der Waals surface area contributed by atoms with E-state index in [0.717, 1.165) is 0 Å². The van der Waals surface area contributed by atoms with Crippen molar-refractivity contribution in [1.82, 2.24) is 0 Å². The molecule has 14 heavy (non-hydrogen) atoms. The van der Waals surface area contributed by atoms with Gasteiger partial charge in [0.25, 0.3) is 0 Å². The van der Waals surface area contributed by atoms with Gasteiger partial charge in [-0.15, -0.1) is 0 Å². The number of carboxylic acid groups (broad SMARTS) is 1. The van der Waals surface area contributed by atoms with Crippen molar-refractivity contribution in [2.75, 3.05) is 13.2 Å². The highest BCUT2D eigenvalue weighted by Gasteiger charge is 2.47. The molecule has 0 aliphatic carbocycles. The van der Waals surface area contributed by atoms with E-state index in [1.54, 1.807) is 0 Å². The van der Waals surface area contributed by atoms with Crippen molar-refractivity contribution in [3.63, 3.8) is 0 Å². The van der Waals surface area contributed by atoms with Crippen LogP contribution in [0.25, 0.3) is 0 Å². The Bertz CT molecular complexity index is 231. The van der Waals surface area contributed by atoms with Gasteiger partial charge < -0.3 is 15.6 Å². The number of ether oxygens (including phenoxy) is 1. The molecule has 80 valence electrons. The molecular weight excluding hydrogens is 186 g/mol. The van der Waals surface area contributed by atoms with Gasteiger partial charge in [0.1, 0.15) is 5.41 Å². The van der Waals surface area contributed by atoms with Gasteiger partial charge in [-0.25, -0.2) is 0 Å². The van der Waals surface area contributed by atoms with Crippen molar-refractivity contribution in [3.8, 4) is 0 Å². The van der Waals surface area contributed by atoms with Gasteiger partial charge in [-0.3, -0.25) is 9.59 Å². The second-order valence-electron chi connectivity index (χ2n) is 3.76. The van der Waals surface area contributed by atoms with Crippen LogP contribution in [0.4, 0.5) is 0 Å². The molecule has 0 radical (unpaired) electrons. The van der Waals surface area contributed by atoms with Gasteiger partial charge in [0.05, 0.1) is 0 Å². The fourth-order valence-electron chi connectivity index (χ4n) is 1.76. The third-order valence-electron chi connectivity index (χ3n) is 2.99. The van der Waals surface area contributed by atoms with Gasteiger partial charge >= 0.3 is 5.97 Å². The topological polar surface area (TPSA) is 89.6 Å². The molecule has 1 aliphatic rings. The number of primary amides is 1. The van der Waals surface area contributed by atoms with Gasteiger partial charge in [0, 0.05) is 13.2 Å². The lowest BCUT2D eigenvalue weighted by Crippen LogP contribution is -2.48. The Hall–Kier alpha value is -1.10. The fourth-order valence-corrected chi connectivity index (χ4v) is 1.76. The number of hydrogen-bond donors (Lipinski definition) is 2. The zero-order valence-corrected chi connectivity index (χ0v) is 8.16. The molecular formula is C9H15NO4. The predicted octanol–water partition coefficient (Wildman–Crippen LogP) is -0.0108. The maximum atomic E-state index is 11.2. The van der Waals surface area contributed by atoms with Crippen molar-refractivity contribution in [3.05, 3.63) is 0 Å². The van der Waals surface area contributed by atoms with Crippen LogP contribution in [-0.4, -0.2) is 30.2 Å². The second-order valence-corrected chi connectivity index (χ2v) is 3.76. The standard InChI is InChI=1S/C9H15NO4/c1-9(7(10)11,8(12)13)6-2-4-14-5-3-6/h6H,2-5H2,1H3,(H2,10,11)(H,12,13). The number of amides is 1. The molecule has 0 aromatic rings. The minimum Gasteiger partial charge on any atom is -0.480 e. The Labute approximate surface area is 82.2 Å². The summed E-state index contributed by atoms with van der Waals surface area (Å²) >= 11 is 0. The quantitative estimate of drug-likeness (QED) is 0.628. The first-order valence-corrected chi connectivity index (χ1v) is 4.60. The summed E-state index contributed by atoms with van der Waals surface area (Å²) in [5.74, 6) is -2.12. The summed E-state index contributed by atoms with van der Waals surface area (Å²) in [7, 11) is 0. The number of carbonyl (C=O) groups is 2. The van der Waals surface area contributed by atoms with Crippen LogP contribution in [0.15, 0.2) is 0 Å². The second kappa shape index (κ2) is 3.96. The summed E-state index contributed by atoms with van der Waals surface area (Å²) in [6.07, 6.45) is 1.15. The molecule has 0 bridgehead atoms. The number of rotatable bonds is 3. The van der Waals surface area contributed by atoms with Crippen LogP contribution in [0.2, 0.25) is 0 Å². The zero-order chi connectivity index (χ0) is 10.8. The average Bonchev–Trinajstić information content (AvgIpc) is 2.17. The third kappa shape index (κ3) is 1.72. The van der Waals surface area contributed by atoms with E-state index in [1.807, 2.05) is 0 Å². The van der Waals surface area contributed by atoms with E-state index < -0.39 is 17.3 Å². The number of hydrogen-bond acceptors (Lipinski definition) is 3. The van der Waals surface area contributed by atoms with Crippen molar-refractivity contribution in [2.24, 2.45) is 17.1 Å². The van der Waals surface area contributed by atoms with Gasteiger partial charge in [0.15, 0.2) is 0 Å². The Balaban J connectivity index is 2.86. The number of aliphatic carboxylic acids is 1. The Morgan fingerprint density at radius 2 is 1.93 bits per heavy atom. The molecule has 1 rings (SSSR count). The Morgan fingerprint density at radius 1 is 1.43 bits per heavy atom. The lowest BCUT2D eigenvalue weighted by atomic mass is 9.72. The molecule has 1 atom stereocenters. The maximum absolute atomic E-state index is 11.2. The maximum Gasteiger partial charge on any atom is 0.319 e. The van der Waals surface area contributed by atoms with Gasteiger partial charge in [-0.1, -0.05) is 0 Å². The molecule has 1 amide bonds. The first kappa shape index (κ1) is 11.0. The van der Waals surface area contributed by atoms with Gasteiger partial charge in [0.2, 0.25) is 5.91 Å². The summed E-state index contributed by atoms with van der Waals surface area (Å²) in [4.78, 5) is 22.2.